The second kappa shape index (κ2) is 8.90. The summed E-state index contributed by atoms with van der Waals surface area (Å²) in [6, 6.07) is 17.8. The first-order valence-electron chi connectivity index (χ1n) is 11.0. The van der Waals surface area contributed by atoms with Crippen LogP contribution in [-0.2, 0) is 9.59 Å². The number of rotatable bonds is 8. The predicted octanol–water partition coefficient (Wildman–Crippen LogP) is 3.28. The van der Waals surface area contributed by atoms with Crippen LogP contribution in [0.4, 0.5) is 0 Å². The van der Waals surface area contributed by atoms with E-state index in [9.17, 15) is 9.59 Å². The lowest BCUT2D eigenvalue weighted by atomic mass is 10.0. The van der Waals surface area contributed by atoms with Crippen LogP contribution in [0.15, 0.2) is 73.3 Å². The minimum atomic E-state index is -0.455. The summed E-state index contributed by atoms with van der Waals surface area (Å²) in [5, 5.41) is 1.18. The predicted molar refractivity (Wildman–Crippen MR) is 126 cm³/mol. The SMILES string of the molecule is C=CCOc1ccc(C2=c3cc4c(cc3OC2=O)=C(c2ccc(OCCC)cc2)C(=O)O4)cc1. The molecule has 0 spiro atoms. The average Bonchev–Trinajstić information content (AvgIpc) is 3.34. The van der Waals surface area contributed by atoms with Gasteiger partial charge in [0.1, 0.15) is 29.6 Å². The number of hydrogen-bond donors (Lipinski definition) is 0. The molecule has 2 aliphatic rings. The molecule has 0 atom stereocenters. The zero-order chi connectivity index (χ0) is 23.7. The Morgan fingerprint density at radius 2 is 1.24 bits per heavy atom. The highest BCUT2D eigenvalue weighted by atomic mass is 16.5. The average molecular weight is 454 g/mol. The van der Waals surface area contributed by atoms with E-state index in [4.69, 9.17) is 18.9 Å². The Bertz CT molecular complexity index is 1420. The van der Waals surface area contributed by atoms with Crippen molar-refractivity contribution in [3.05, 3.63) is 94.9 Å². The molecule has 0 radical (unpaired) electrons. The van der Waals surface area contributed by atoms with Crippen LogP contribution in [0, 0.1) is 0 Å². The minimum absolute atomic E-state index is 0.393. The van der Waals surface area contributed by atoms with Gasteiger partial charge in [0.2, 0.25) is 0 Å². The summed E-state index contributed by atoms with van der Waals surface area (Å²) in [6.07, 6.45) is 2.57. The fourth-order valence-electron chi connectivity index (χ4n) is 4.00. The first-order chi connectivity index (χ1) is 16.6. The molecule has 0 aromatic heterocycles. The maximum absolute atomic E-state index is 12.7. The zero-order valence-electron chi connectivity index (χ0n) is 18.6. The molecule has 6 nitrogen and oxygen atoms in total. The van der Waals surface area contributed by atoms with Crippen LogP contribution in [0.3, 0.4) is 0 Å². The number of hydrogen-bond acceptors (Lipinski definition) is 6. The van der Waals surface area contributed by atoms with Gasteiger partial charge in [0.15, 0.2) is 0 Å². The standard InChI is InChI=1S/C28H22O6/c1-3-13-31-19-9-5-17(6-10-19)25-21-15-24-22(16-23(21)33-27(25)29)26(28(30)34-24)18-7-11-20(12-8-18)32-14-4-2/h3,5-12,15-16H,1,4,13-14H2,2H3. The largest absolute Gasteiger partial charge is 0.494 e. The molecule has 0 saturated heterocycles. The first-order valence-corrected chi connectivity index (χ1v) is 11.0. The lowest BCUT2D eigenvalue weighted by molar-refractivity contribution is -0.128. The number of carbonyl (C=O) groups is 2. The summed E-state index contributed by atoms with van der Waals surface area (Å²) in [6.45, 7) is 6.69. The van der Waals surface area contributed by atoms with Crippen molar-refractivity contribution in [2.45, 2.75) is 13.3 Å². The van der Waals surface area contributed by atoms with E-state index in [-0.39, 0.29) is 0 Å². The third kappa shape index (κ3) is 3.83. The van der Waals surface area contributed by atoms with E-state index in [0.29, 0.717) is 63.2 Å². The Kier molecular flexibility index (Phi) is 5.64. The fourth-order valence-corrected chi connectivity index (χ4v) is 4.00. The van der Waals surface area contributed by atoms with Crippen molar-refractivity contribution in [3.8, 4) is 23.0 Å². The van der Waals surface area contributed by atoms with Gasteiger partial charge in [-0.25, -0.2) is 9.59 Å². The van der Waals surface area contributed by atoms with Crippen LogP contribution in [0.2, 0.25) is 0 Å². The molecule has 2 aliphatic heterocycles. The Balaban J connectivity index is 1.57. The van der Waals surface area contributed by atoms with E-state index in [1.54, 1.807) is 42.5 Å². The summed E-state index contributed by atoms with van der Waals surface area (Å²) in [4.78, 5) is 25.5. The molecule has 0 bridgehead atoms. The van der Waals surface area contributed by atoms with Gasteiger partial charge in [-0.05, 0) is 53.9 Å². The van der Waals surface area contributed by atoms with Gasteiger partial charge in [0.05, 0.1) is 17.8 Å². The van der Waals surface area contributed by atoms with E-state index in [0.717, 1.165) is 12.2 Å². The molecule has 0 unspecified atom stereocenters. The Labute approximate surface area is 196 Å². The number of benzene rings is 3. The molecule has 0 fully saturated rings. The van der Waals surface area contributed by atoms with Crippen LogP contribution in [0.5, 0.6) is 23.0 Å². The van der Waals surface area contributed by atoms with E-state index >= 15 is 0 Å². The van der Waals surface area contributed by atoms with Gasteiger partial charge in [-0.3, -0.25) is 0 Å². The molecule has 0 amide bonds. The Hall–Kier alpha value is -4.32. The summed E-state index contributed by atoms with van der Waals surface area (Å²) in [5.74, 6) is 1.29. The maximum Gasteiger partial charge on any atom is 0.344 e. The number of ether oxygens (including phenoxy) is 4. The van der Waals surface area contributed by atoms with Gasteiger partial charge in [0.25, 0.3) is 0 Å². The van der Waals surface area contributed by atoms with Crippen LogP contribution < -0.4 is 29.4 Å². The lowest BCUT2D eigenvalue weighted by Crippen LogP contribution is -2.11. The van der Waals surface area contributed by atoms with Crippen molar-refractivity contribution in [3.63, 3.8) is 0 Å². The molecular weight excluding hydrogens is 432 g/mol. The smallest absolute Gasteiger partial charge is 0.344 e. The molecule has 5 rings (SSSR count). The molecule has 34 heavy (non-hydrogen) atoms. The van der Waals surface area contributed by atoms with E-state index in [2.05, 4.69) is 6.58 Å². The van der Waals surface area contributed by atoms with Gasteiger partial charge in [0, 0.05) is 10.4 Å². The fraction of sp³-hybridized carbons (Fsp3) is 0.143. The zero-order valence-corrected chi connectivity index (χ0v) is 18.6. The summed E-state index contributed by atoms with van der Waals surface area (Å²) in [7, 11) is 0. The molecule has 3 aromatic rings. The molecule has 0 aliphatic carbocycles. The third-order valence-corrected chi connectivity index (χ3v) is 5.56. The maximum atomic E-state index is 12.7. The van der Waals surface area contributed by atoms with E-state index in [1.807, 2.05) is 31.2 Å². The Morgan fingerprint density at radius 3 is 1.68 bits per heavy atom. The molecule has 2 heterocycles. The van der Waals surface area contributed by atoms with Crippen molar-refractivity contribution in [1.82, 2.24) is 0 Å². The van der Waals surface area contributed by atoms with Crippen molar-refractivity contribution >= 4 is 23.1 Å². The summed E-state index contributed by atoms with van der Waals surface area (Å²) < 4.78 is 22.3. The van der Waals surface area contributed by atoms with Crippen LogP contribution in [0.25, 0.3) is 11.1 Å². The van der Waals surface area contributed by atoms with Crippen molar-refractivity contribution < 1.29 is 28.5 Å². The van der Waals surface area contributed by atoms with Crippen molar-refractivity contribution in [1.29, 1.82) is 0 Å². The van der Waals surface area contributed by atoms with E-state index < -0.39 is 11.9 Å². The molecule has 6 heteroatoms. The van der Waals surface area contributed by atoms with Crippen molar-refractivity contribution in [2.24, 2.45) is 0 Å². The van der Waals surface area contributed by atoms with Crippen molar-refractivity contribution in [2.75, 3.05) is 13.2 Å². The van der Waals surface area contributed by atoms with Crippen LogP contribution >= 0.6 is 0 Å². The third-order valence-electron chi connectivity index (χ3n) is 5.56. The number of carbonyl (C=O) groups excluding carboxylic acids is 2. The highest BCUT2D eigenvalue weighted by Gasteiger charge is 2.30. The summed E-state index contributed by atoms with van der Waals surface area (Å²) >= 11 is 0. The molecule has 170 valence electrons. The summed E-state index contributed by atoms with van der Waals surface area (Å²) in [5.41, 5.74) is 2.23. The topological polar surface area (TPSA) is 71.1 Å². The highest BCUT2D eigenvalue weighted by molar-refractivity contribution is 6.21. The molecule has 3 aromatic carbocycles. The molecular formula is C28H22O6. The minimum Gasteiger partial charge on any atom is -0.494 e. The number of fused-ring (bicyclic) bond motifs is 2. The quantitative estimate of drug-likeness (QED) is 0.296. The van der Waals surface area contributed by atoms with Gasteiger partial charge >= 0.3 is 11.9 Å². The number of esters is 2. The van der Waals surface area contributed by atoms with Gasteiger partial charge in [-0.1, -0.05) is 43.8 Å². The first kappa shape index (κ1) is 21.5. The van der Waals surface area contributed by atoms with Gasteiger partial charge < -0.3 is 18.9 Å². The normalized spacial score (nSPS) is 13.8. The molecule has 0 N–H and O–H groups in total. The monoisotopic (exact) mass is 454 g/mol. The highest BCUT2D eigenvalue weighted by Crippen LogP contribution is 2.28. The second-order valence-electron chi connectivity index (χ2n) is 7.87. The van der Waals surface area contributed by atoms with Crippen LogP contribution in [-0.4, -0.2) is 25.2 Å². The van der Waals surface area contributed by atoms with Crippen LogP contribution in [0.1, 0.15) is 24.5 Å². The van der Waals surface area contributed by atoms with E-state index in [1.165, 1.54) is 0 Å². The second-order valence-corrected chi connectivity index (χ2v) is 7.87. The lowest BCUT2D eigenvalue weighted by Gasteiger charge is -2.05. The van der Waals surface area contributed by atoms with Gasteiger partial charge in [-0.2, -0.15) is 0 Å². The van der Waals surface area contributed by atoms with Gasteiger partial charge in [-0.15, -0.1) is 0 Å². The Morgan fingerprint density at radius 1 is 0.765 bits per heavy atom. The molecule has 0 saturated carbocycles.